The molecule has 2 rings (SSSR count). The van der Waals surface area contributed by atoms with Gasteiger partial charge in [0.1, 0.15) is 0 Å². The highest BCUT2D eigenvalue weighted by Gasteiger charge is 2.54. The molecule has 2 saturated carbocycles. The van der Waals surface area contributed by atoms with Gasteiger partial charge in [-0.1, -0.05) is 20.8 Å². The summed E-state index contributed by atoms with van der Waals surface area (Å²) in [6.07, 6.45) is 8.03. The zero-order valence-corrected chi connectivity index (χ0v) is 15.4. The molecule has 1 unspecified atom stereocenters. The zero-order chi connectivity index (χ0) is 16.6. The molecule has 0 saturated heterocycles. The van der Waals surface area contributed by atoms with Crippen molar-refractivity contribution in [2.75, 3.05) is 13.2 Å². The van der Waals surface area contributed by atoms with Crippen LogP contribution in [0.1, 0.15) is 79.6 Å². The van der Waals surface area contributed by atoms with Crippen LogP contribution >= 0.6 is 0 Å². The molecule has 3 nitrogen and oxygen atoms in total. The largest absolute Gasteiger partial charge is 0.391 e. The predicted molar refractivity (Wildman–Crippen MR) is 91.7 cm³/mol. The van der Waals surface area contributed by atoms with Gasteiger partial charge in [0.25, 0.3) is 0 Å². The molecule has 0 spiro atoms. The molecular weight excluding hydrogens is 274 g/mol. The van der Waals surface area contributed by atoms with E-state index in [0.717, 1.165) is 19.4 Å². The second kappa shape index (κ2) is 6.07. The fourth-order valence-corrected chi connectivity index (χ4v) is 5.04. The number of hydrogen-bond acceptors (Lipinski definition) is 3. The first kappa shape index (κ1) is 18.2. The summed E-state index contributed by atoms with van der Waals surface area (Å²) in [5.41, 5.74) is 7.19. The lowest BCUT2D eigenvalue weighted by atomic mass is 9.75. The quantitative estimate of drug-likeness (QED) is 0.750. The third-order valence-electron chi connectivity index (χ3n) is 5.52. The number of ether oxygens (including phenoxy) is 1. The van der Waals surface area contributed by atoms with Crippen LogP contribution < -0.4 is 5.73 Å². The predicted octanol–water partition coefficient (Wildman–Crippen LogP) is 3.88. The molecule has 0 aromatic carbocycles. The first-order valence-corrected chi connectivity index (χ1v) is 8.98. The average molecular weight is 312 g/mol. The number of aliphatic hydroxyl groups excluding tert-OH is 1. The van der Waals surface area contributed by atoms with E-state index in [1.807, 2.05) is 0 Å². The van der Waals surface area contributed by atoms with Crippen LogP contribution in [0.25, 0.3) is 0 Å². The second-order valence-electron chi connectivity index (χ2n) is 10.3. The molecule has 0 radical (unpaired) electrons. The molecule has 0 aliphatic heterocycles. The van der Waals surface area contributed by atoms with Crippen LogP contribution in [0.5, 0.6) is 0 Å². The SMILES string of the molecule is CC(C)(C)CC(O)COCC12CCC(CC(C)(C)N)(CC1)C2. The van der Waals surface area contributed by atoms with Crippen molar-refractivity contribution < 1.29 is 9.84 Å². The fraction of sp³-hybridized carbons (Fsp3) is 1.00. The van der Waals surface area contributed by atoms with E-state index in [-0.39, 0.29) is 17.1 Å². The first-order valence-electron chi connectivity index (χ1n) is 8.98. The maximum Gasteiger partial charge on any atom is 0.0778 e. The Hall–Kier alpha value is -0.120. The Kier molecular flexibility index (Phi) is 5.03. The summed E-state index contributed by atoms with van der Waals surface area (Å²) in [6.45, 7) is 12.1. The van der Waals surface area contributed by atoms with Gasteiger partial charge >= 0.3 is 0 Å². The fourth-order valence-electron chi connectivity index (χ4n) is 5.04. The third kappa shape index (κ3) is 4.94. The summed E-state index contributed by atoms with van der Waals surface area (Å²) in [7, 11) is 0. The van der Waals surface area contributed by atoms with Gasteiger partial charge in [-0.25, -0.2) is 0 Å². The Balaban J connectivity index is 1.78. The van der Waals surface area contributed by atoms with Crippen LogP contribution in [0.3, 0.4) is 0 Å². The van der Waals surface area contributed by atoms with Crippen molar-refractivity contribution in [2.45, 2.75) is 91.2 Å². The van der Waals surface area contributed by atoms with Crippen molar-refractivity contribution >= 4 is 0 Å². The molecule has 22 heavy (non-hydrogen) atoms. The van der Waals surface area contributed by atoms with Gasteiger partial charge in [-0.05, 0) is 75.0 Å². The van der Waals surface area contributed by atoms with Crippen LogP contribution in [0.2, 0.25) is 0 Å². The zero-order valence-electron chi connectivity index (χ0n) is 15.4. The van der Waals surface area contributed by atoms with Crippen LogP contribution in [-0.2, 0) is 4.74 Å². The van der Waals surface area contributed by atoms with E-state index in [9.17, 15) is 5.11 Å². The van der Waals surface area contributed by atoms with Gasteiger partial charge in [0.05, 0.1) is 19.3 Å². The monoisotopic (exact) mass is 311 g/mol. The Bertz CT molecular complexity index is 370. The van der Waals surface area contributed by atoms with Gasteiger partial charge in [-0.2, -0.15) is 0 Å². The summed E-state index contributed by atoms with van der Waals surface area (Å²) in [6, 6.07) is 0. The third-order valence-corrected chi connectivity index (χ3v) is 5.52. The van der Waals surface area contributed by atoms with Gasteiger partial charge in [-0.15, -0.1) is 0 Å². The van der Waals surface area contributed by atoms with Crippen LogP contribution in [-0.4, -0.2) is 30.0 Å². The number of aliphatic hydroxyl groups is 1. The molecule has 0 amide bonds. The van der Waals surface area contributed by atoms with Crippen molar-refractivity contribution in [1.29, 1.82) is 0 Å². The van der Waals surface area contributed by atoms with Crippen molar-refractivity contribution in [3.05, 3.63) is 0 Å². The van der Waals surface area contributed by atoms with Crippen LogP contribution in [0.15, 0.2) is 0 Å². The van der Waals surface area contributed by atoms with Crippen LogP contribution in [0, 0.1) is 16.2 Å². The Morgan fingerprint density at radius 1 is 1.05 bits per heavy atom. The minimum atomic E-state index is -0.341. The van der Waals surface area contributed by atoms with Crippen molar-refractivity contribution in [1.82, 2.24) is 0 Å². The normalized spacial score (nSPS) is 33.4. The maximum atomic E-state index is 10.1. The smallest absolute Gasteiger partial charge is 0.0778 e. The van der Waals surface area contributed by atoms with Crippen molar-refractivity contribution in [3.8, 4) is 0 Å². The Morgan fingerprint density at radius 3 is 2.09 bits per heavy atom. The second-order valence-corrected chi connectivity index (χ2v) is 10.3. The minimum Gasteiger partial charge on any atom is -0.391 e. The van der Waals surface area contributed by atoms with E-state index >= 15 is 0 Å². The lowest BCUT2D eigenvalue weighted by Gasteiger charge is -2.33. The molecule has 2 fully saturated rings. The van der Waals surface area contributed by atoms with E-state index in [0.29, 0.717) is 17.4 Å². The molecule has 2 aliphatic rings. The Labute approximate surface area is 137 Å². The first-order chi connectivity index (χ1) is 9.93. The molecule has 130 valence electrons. The standard InChI is InChI=1S/C19H37NO2/c1-16(2,3)10-15(21)11-22-14-19-8-6-18(13-19,7-9-19)12-17(4,5)20/h15,21H,6-14,20H2,1-5H3. The van der Waals surface area contributed by atoms with E-state index in [4.69, 9.17) is 10.5 Å². The topological polar surface area (TPSA) is 55.5 Å². The van der Waals surface area contributed by atoms with Gasteiger partial charge < -0.3 is 15.6 Å². The molecule has 3 N–H and O–H groups in total. The highest BCUT2D eigenvalue weighted by Crippen LogP contribution is 2.63. The lowest BCUT2D eigenvalue weighted by Crippen LogP contribution is -2.38. The summed E-state index contributed by atoms with van der Waals surface area (Å²) in [4.78, 5) is 0. The van der Waals surface area contributed by atoms with Gasteiger partial charge in [0, 0.05) is 5.54 Å². The number of nitrogens with two attached hydrogens (primary N) is 1. The average Bonchev–Trinajstić information content (AvgIpc) is 2.79. The van der Waals surface area contributed by atoms with E-state index < -0.39 is 0 Å². The Morgan fingerprint density at radius 2 is 1.59 bits per heavy atom. The van der Waals surface area contributed by atoms with E-state index in [2.05, 4.69) is 34.6 Å². The molecule has 3 heteroatoms. The minimum absolute atomic E-state index is 0.0653. The van der Waals surface area contributed by atoms with Gasteiger partial charge in [0.2, 0.25) is 0 Å². The number of hydrogen-bond donors (Lipinski definition) is 2. The van der Waals surface area contributed by atoms with Gasteiger partial charge in [0.15, 0.2) is 0 Å². The lowest BCUT2D eigenvalue weighted by molar-refractivity contribution is -0.0176. The molecule has 1 atom stereocenters. The van der Waals surface area contributed by atoms with Crippen molar-refractivity contribution in [2.24, 2.45) is 22.0 Å². The maximum absolute atomic E-state index is 10.1. The molecule has 0 aromatic rings. The number of rotatable bonds is 7. The van der Waals surface area contributed by atoms with E-state index in [1.165, 1.54) is 32.1 Å². The molecule has 2 bridgehead atoms. The van der Waals surface area contributed by atoms with Crippen LogP contribution in [0.4, 0.5) is 0 Å². The summed E-state index contributed by atoms with van der Waals surface area (Å²) >= 11 is 0. The van der Waals surface area contributed by atoms with Gasteiger partial charge in [-0.3, -0.25) is 0 Å². The molecule has 0 heterocycles. The molecular formula is C19H37NO2. The highest BCUT2D eigenvalue weighted by atomic mass is 16.5. The highest BCUT2D eigenvalue weighted by molar-refractivity contribution is 5.06. The molecule has 0 aromatic heterocycles. The van der Waals surface area contributed by atoms with E-state index in [1.54, 1.807) is 0 Å². The molecule has 2 aliphatic carbocycles. The summed E-state index contributed by atoms with van der Waals surface area (Å²) in [5.74, 6) is 0. The van der Waals surface area contributed by atoms with Crippen molar-refractivity contribution in [3.63, 3.8) is 0 Å². The number of fused-ring (bicyclic) bond motifs is 2. The summed E-state index contributed by atoms with van der Waals surface area (Å²) in [5, 5.41) is 10.1. The summed E-state index contributed by atoms with van der Waals surface area (Å²) < 4.78 is 5.94.